The third-order valence-corrected chi connectivity index (χ3v) is 4.37. The molecule has 0 saturated heterocycles. The van der Waals surface area contributed by atoms with E-state index < -0.39 is 0 Å². The number of fused-ring (bicyclic) bond motifs is 1. The van der Waals surface area contributed by atoms with Gasteiger partial charge in [0, 0.05) is 17.1 Å². The normalized spacial score (nSPS) is 10.8. The molecule has 142 valence electrons. The van der Waals surface area contributed by atoms with E-state index in [4.69, 9.17) is 4.74 Å². The van der Waals surface area contributed by atoms with Crippen molar-refractivity contribution in [1.29, 1.82) is 0 Å². The molecule has 2 aromatic carbocycles. The van der Waals surface area contributed by atoms with Gasteiger partial charge in [0.05, 0.1) is 6.54 Å². The molecule has 4 nitrogen and oxygen atoms in total. The van der Waals surface area contributed by atoms with E-state index in [1.165, 1.54) is 5.56 Å². The molecule has 1 N–H and O–H groups in total. The van der Waals surface area contributed by atoms with Crippen LogP contribution in [0.15, 0.2) is 60.8 Å². The van der Waals surface area contributed by atoms with Gasteiger partial charge in [-0.1, -0.05) is 62.9 Å². The number of pyridine rings is 1. The third-order valence-electron chi connectivity index (χ3n) is 4.37. The Bertz CT molecular complexity index is 1020. The summed E-state index contributed by atoms with van der Waals surface area (Å²) >= 11 is 0. The molecule has 0 aliphatic rings. The van der Waals surface area contributed by atoms with Crippen LogP contribution in [0.4, 0.5) is 0 Å². The van der Waals surface area contributed by atoms with Gasteiger partial charge in [0.1, 0.15) is 17.9 Å². The van der Waals surface area contributed by atoms with Crippen molar-refractivity contribution >= 4 is 16.8 Å². The second kappa shape index (κ2) is 8.58. The number of rotatable bonds is 4. The number of carbonyl (C=O) groups excluding carboxylic acids is 1. The minimum absolute atomic E-state index is 0.0695. The summed E-state index contributed by atoms with van der Waals surface area (Å²) in [4.78, 5) is 16.5. The minimum Gasteiger partial charge on any atom is -0.479 e. The second-order valence-electron chi connectivity index (χ2n) is 7.48. The molecule has 0 bridgehead atoms. The van der Waals surface area contributed by atoms with Gasteiger partial charge in [-0.2, -0.15) is 0 Å². The number of ether oxygens (including phenoxy) is 1. The first kappa shape index (κ1) is 19.4. The summed E-state index contributed by atoms with van der Waals surface area (Å²) in [5.41, 5.74) is 2.72. The Balaban J connectivity index is 1.49. The van der Waals surface area contributed by atoms with Crippen molar-refractivity contribution in [2.24, 2.45) is 0 Å². The maximum atomic E-state index is 12.2. The number of hydrogen-bond donors (Lipinski definition) is 1. The van der Waals surface area contributed by atoms with Gasteiger partial charge in [-0.3, -0.25) is 9.78 Å². The lowest BCUT2D eigenvalue weighted by Gasteiger charge is -2.18. The molecule has 1 heterocycles. The highest BCUT2D eigenvalue weighted by Gasteiger charge is 2.14. The molecule has 4 heteroatoms. The molecule has 0 spiro atoms. The Morgan fingerprint density at radius 3 is 2.54 bits per heavy atom. The first-order valence-corrected chi connectivity index (χ1v) is 9.26. The van der Waals surface area contributed by atoms with E-state index in [2.05, 4.69) is 42.9 Å². The molecule has 0 fully saturated rings. The van der Waals surface area contributed by atoms with Gasteiger partial charge in [-0.15, -0.1) is 0 Å². The number of carbonyl (C=O) groups is 1. The monoisotopic (exact) mass is 372 g/mol. The molecule has 0 atom stereocenters. The van der Waals surface area contributed by atoms with Gasteiger partial charge >= 0.3 is 0 Å². The maximum Gasteiger partial charge on any atom is 0.252 e. The van der Waals surface area contributed by atoms with Crippen molar-refractivity contribution in [2.45, 2.75) is 26.2 Å². The quantitative estimate of drug-likeness (QED) is 0.693. The predicted octanol–water partition coefficient (Wildman–Crippen LogP) is 4.34. The average molecular weight is 372 g/mol. The molecule has 0 radical (unpaired) electrons. The lowest BCUT2D eigenvalue weighted by atomic mass is 9.87. The van der Waals surface area contributed by atoms with E-state index in [-0.39, 0.29) is 24.5 Å². The first-order valence-electron chi connectivity index (χ1n) is 9.26. The Labute approximate surface area is 165 Å². The van der Waals surface area contributed by atoms with Crippen LogP contribution in [0.1, 0.15) is 36.7 Å². The highest BCUT2D eigenvalue weighted by atomic mass is 16.5. The number of hydrogen-bond acceptors (Lipinski definition) is 3. The molecule has 3 rings (SSSR count). The maximum absolute atomic E-state index is 12.2. The summed E-state index contributed by atoms with van der Waals surface area (Å²) in [6, 6.07) is 17.4. The summed E-state index contributed by atoms with van der Waals surface area (Å²) in [7, 11) is 0. The van der Waals surface area contributed by atoms with E-state index in [0.717, 1.165) is 10.9 Å². The van der Waals surface area contributed by atoms with Crippen molar-refractivity contribution in [3.05, 3.63) is 71.9 Å². The summed E-state index contributed by atoms with van der Waals surface area (Å²) in [6.45, 7) is 6.96. The Morgan fingerprint density at radius 1 is 1.04 bits per heavy atom. The van der Waals surface area contributed by atoms with Crippen molar-refractivity contribution < 1.29 is 9.53 Å². The van der Waals surface area contributed by atoms with E-state index >= 15 is 0 Å². The number of nitrogens with one attached hydrogen (secondary N) is 1. The zero-order valence-electron chi connectivity index (χ0n) is 16.5. The first-order chi connectivity index (χ1) is 13.4. The minimum atomic E-state index is -0.131. The molecule has 28 heavy (non-hydrogen) atoms. The molecular weight excluding hydrogens is 348 g/mol. The fraction of sp³-hybridized carbons (Fsp3) is 0.250. The van der Waals surface area contributed by atoms with Crippen molar-refractivity contribution in [2.75, 3.05) is 13.2 Å². The molecule has 1 amide bonds. The molecule has 3 aromatic rings. The van der Waals surface area contributed by atoms with Gasteiger partial charge < -0.3 is 10.1 Å². The summed E-state index contributed by atoms with van der Waals surface area (Å²) in [6.07, 6.45) is 1.74. The number of para-hydroxylation sites is 1. The zero-order chi connectivity index (χ0) is 20.0. The highest BCUT2D eigenvalue weighted by molar-refractivity contribution is 5.94. The number of amides is 1. The molecule has 0 aliphatic carbocycles. The Hall–Kier alpha value is -3.32. The van der Waals surface area contributed by atoms with Crippen LogP contribution in [-0.2, 0) is 5.41 Å². The number of aromatic nitrogens is 1. The predicted molar refractivity (Wildman–Crippen MR) is 112 cm³/mol. The van der Waals surface area contributed by atoms with E-state index in [1.54, 1.807) is 6.20 Å². The van der Waals surface area contributed by atoms with Gasteiger partial charge in [-0.25, -0.2) is 0 Å². The van der Waals surface area contributed by atoms with Crippen LogP contribution in [-0.4, -0.2) is 24.0 Å². The summed E-state index contributed by atoms with van der Waals surface area (Å²) in [5, 5.41) is 3.83. The topological polar surface area (TPSA) is 51.2 Å². The van der Waals surface area contributed by atoms with Crippen LogP contribution in [0, 0.1) is 11.8 Å². The number of nitrogens with zero attached hydrogens (tertiary/aromatic N) is 1. The summed E-state index contributed by atoms with van der Waals surface area (Å²) in [5.74, 6) is 6.41. The summed E-state index contributed by atoms with van der Waals surface area (Å²) < 4.78 is 5.71. The standard InChI is InChI=1S/C24H24N2O2/c1-24(2,3)20-13-11-19(12-14-20)23(27)26-15-4-5-17-28-21-10-6-8-18-9-7-16-25-22(18)21/h6-14,16H,15,17H2,1-3H3,(H,26,27). The van der Waals surface area contributed by atoms with Crippen molar-refractivity contribution in [3.8, 4) is 17.6 Å². The Kier molecular flexibility index (Phi) is 5.96. The fourth-order valence-corrected chi connectivity index (χ4v) is 2.77. The van der Waals surface area contributed by atoms with Crippen LogP contribution >= 0.6 is 0 Å². The molecular formula is C24H24N2O2. The van der Waals surface area contributed by atoms with Crippen molar-refractivity contribution in [1.82, 2.24) is 10.3 Å². The largest absolute Gasteiger partial charge is 0.479 e. The van der Waals surface area contributed by atoms with Gasteiger partial charge in [0.15, 0.2) is 0 Å². The van der Waals surface area contributed by atoms with E-state index in [1.807, 2.05) is 54.6 Å². The molecule has 0 aliphatic heterocycles. The molecule has 0 unspecified atom stereocenters. The average Bonchev–Trinajstić information content (AvgIpc) is 2.70. The van der Waals surface area contributed by atoms with Crippen LogP contribution in [0.2, 0.25) is 0 Å². The van der Waals surface area contributed by atoms with Crippen LogP contribution in [0.25, 0.3) is 10.9 Å². The molecule has 0 saturated carbocycles. The molecule has 1 aromatic heterocycles. The smallest absolute Gasteiger partial charge is 0.252 e. The van der Waals surface area contributed by atoms with Crippen LogP contribution < -0.4 is 10.1 Å². The van der Waals surface area contributed by atoms with Gasteiger partial charge in [-0.05, 0) is 35.2 Å². The zero-order valence-corrected chi connectivity index (χ0v) is 16.5. The van der Waals surface area contributed by atoms with Gasteiger partial charge in [0.25, 0.3) is 5.91 Å². The third kappa shape index (κ3) is 4.89. The second-order valence-corrected chi connectivity index (χ2v) is 7.48. The van der Waals surface area contributed by atoms with E-state index in [0.29, 0.717) is 11.3 Å². The van der Waals surface area contributed by atoms with Crippen LogP contribution in [0.5, 0.6) is 5.75 Å². The van der Waals surface area contributed by atoms with Crippen molar-refractivity contribution in [3.63, 3.8) is 0 Å². The Morgan fingerprint density at radius 2 is 1.79 bits per heavy atom. The van der Waals surface area contributed by atoms with Gasteiger partial charge in [0.2, 0.25) is 0 Å². The highest BCUT2D eigenvalue weighted by Crippen LogP contribution is 2.23. The SMILES string of the molecule is CC(C)(C)c1ccc(C(=O)NCC#CCOc2cccc3cccnc23)cc1. The van der Waals surface area contributed by atoms with Crippen LogP contribution in [0.3, 0.4) is 0 Å². The lowest BCUT2D eigenvalue weighted by molar-refractivity contribution is 0.0958. The van der Waals surface area contributed by atoms with E-state index in [9.17, 15) is 4.79 Å². The fourth-order valence-electron chi connectivity index (χ4n) is 2.77. The lowest BCUT2D eigenvalue weighted by Crippen LogP contribution is -2.23. The number of benzene rings is 2.